The topological polar surface area (TPSA) is 68.7 Å². The van der Waals surface area contributed by atoms with Crippen LogP contribution in [0.4, 0.5) is 10.8 Å². The molecule has 0 bridgehead atoms. The zero-order valence-electron chi connectivity index (χ0n) is 15.6. The number of thiazole rings is 1. The number of anilines is 2. The predicted octanol–water partition coefficient (Wildman–Crippen LogP) is 4.34. The van der Waals surface area contributed by atoms with Crippen LogP contribution in [-0.4, -0.2) is 23.0 Å². The number of carbonyl (C=O) groups is 2. The number of esters is 1. The maximum absolute atomic E-state index is 12.2. The summed E-state index contributed by atoms with van der Waals surface area (Å²) >= 11 is 1.31. The van der Waals surface area contributed by atoms with Gasteiger partial charge in [0.1, 0.15) is 12.4 Å². The highest BCUT2D eigenvalue weighted by molar-refractivity contribution is 7.14. The summed E-state index contributed by atoms with van der Waals surface area (Å²) in [6.45, 7) is 3.13. The van der Waals surface area contributed by atoms with Crippen molar-refractivity contribution in [3.63, 3.8) is 0 Å². The van der Waals surface area contributed by atoms with Gasteiger partial charge in [-0.05, 0) is 31.2 Å². The number of aromatic nitrogens is 1. The normalized spacial score (nSPS) is 11.5. The molecule has 28 heavy (non-hydrogen) atoms. The van der Waals surface area contributed by atoms with Crippen LogP contribution < -0.4 is 9.64 Å². The van der Waals surface area contributed by atoms with Crippen LogP contribution in [0.1, 0.15) is 19.5 Å². The Morgan fingerprint density at radius 3 is 2.36 bits per heavy atom. The fourth-order valence-electron chi connectivity index (χ4n) is 2.48. The minimum Gasteiger partial charge on any atom is -0.479 e. The summed E-state index contributed by atoms with van der Waals surface area (Å²) in [7, 11) is 0. The Kier molecular flexibility index (Phi) is 6.39. The van der Waals surface area contributed by atoms with Gasteiger partial charge in [0.25, 0.3) is 0 Å². The molecule has 6 nitrogen and oxygen atoms in total. The molecule has 0 fully saturated rings. The van der Waals surface area contributed by atoms with Crippen molar-refractivity contribution in [2.75, 3.05) is 4.90 Å². The van der Waals surface area contributed by atoms with E-state index in [4.69, 9.17) is 9.47 Å². The van der Waals surface area contributed by atoms with E-state index in [9.17, 15) is 9.59 Å². The number of benzene rings is 2. The van der Waals surface area contributed by atoms with Crippen LogP contribution in [0.5, 0.6) is 5.75 Å². The first-order valence-electron chi connectivity index (χ1n) is 8.73. The summed E-state index contributed by atoms with van der Waals surface area (Å²) in [6, 6.07) is 18.4. The van der Waals surface area contributed by atoms with Gasteiger partial charge >= 0.3 is 5.97 Å². The zero-order valence-corrected chi connectivity index (χ0v) is 16.4. The van der Waals surface area contributed by atoms with Crippen LogP contribution in [0.25, 0.3) is 0 Å². The molecule has 1 atom stereocenters. The lowest BCUT2D eigenvalue weighted by Gasteiger charge is -2.17. The van der Waals surface area contributed by atoms with Gasteiger partial charge in [-0.3, -0.25) is 9.69 Å². The van der Waals surface area contributed by atoms with E-state index in [1.165, 1.54) is 23.2 Å². The second kappa shape index (κ2) is 9.14. The van der Waals surface area contributed by atoms with Crippen molar-refractivity contribution in [3.8, 4) is 5.75 Å². The molecule has 7 heteroatoms. The maximum Gasteiger partial charge on any atom is 0.347 e. The van der Waals surface area contributed by atoms with Gasteiger partial charge in [0.2, 0.25) is 5.91 Å². The highest BCUT2D eigenvalue weighted by atomic mass is 32.1. The Morgan fingerprint density at radius 1 is 1.07 bits per heavy atom. The number of amides is 1. The monoisotopic (exact) mass is 396 g/mol. The molecule has 0 radical (unpaired) electrons. The minimum absolute atomic E-state index is 0.0123. The molecule has 0 aliphatic rings. The van der Waals surface area contributed by atoms with Crippen molar-refractivity contribution >= 4 is 34.0 Å². The Morgan fingerprint density at radius 2 is 1.71 bits per heavy atom. The molecule has 0 saturated heterocycles. The summed E-state index contributed by atoms with van der Waals surface area (Å²) in [5.74, 6) is -0.0262. The van der Waals surface area contributed by atoms with Gasteiger partial charge < -0.3 is 9.47 Å². The molecule has 0 spiro atoms. The van der Waals surface area contributed by atoms with Gasteiger partial charge in [-0.25, -0.2) is 9.78 Å². The molecule has 3 rings (SSSR count). The van der Waals surface area contributed by atoms with E-state index in [0.29, 0.717) is 16.6 Å². The van der Waals surface area contributed by atoms with Gasteiger partial charge in [-0.2, -0.15) is 0 Å². The molecule has 144 valence electrons. The average molecular weight is 396 g/mol. The third kappa shape index (κ3) is 4.95. The minimum atomic E-state index is -0.737. The molecule has 0 aliphatic carbocycles. The first-order valence-corrected chi connectivity index (χ1v) is 9.61. The highest BCUT2D eigenvalue weighted by Gasteiger charge is 2.20. The third-order valence-electron chi connectivity index (χ3n) is 3.81. The van der Waals surface area contributed by atoms with E-state index in [1.807, 2.05) is 48.5 Å². The molecule has 1 heterocycles. The van der Waals surface area contributed by atoms with Crippen LogP contribution in [0.15, 0.2) is 66.0 Å². The van der Waals surface area contributed by atoms with Crippen molar-refractivity contribution in [2.45, 2.75) is 26.6 Å². The van der Waals surface area contributed by atoms with Gasteiger partial charge in [0, 0.05) is 12.3 Å². The molecule has 0 aliphatic heterocycles. The van der Waals surface area contributed by atoms with Crippen LogP contribution in [0.3, 0.4) is 0 Å². The summed E-state index contributed by atoms with van der Waals surface area (Å²) in [5.41, 5.74) is 1.31. The third-order valence-corrected chi connectivity index (χ3v) is 4.69. The van der Waals surface area contributed by atoms with Gasteiger partial charge in [0.05, 0.1) is 11.4 Å². The van der Waals surface area contributed by atoms with Crippen LogP contribution in [-0.2, 0) is 20.9 Å². The quantitative estimate of drug-likeness (QED) is 0.556. The zero-order chi connectivity index (χ0) is 19.9. The van der Waals surface area contributed by atoms with Crippen LogP contribution in [0, 0.1) is 0 Å². The van der Waals surface area contributed by atoms with Crippen molar-refractivity contribution in [2.24, 2.45) is 0 Å². The molecule has 1 aromatic heterocycles. The molecule has 0 unspecified atom stereocenters. The first-order chi connectivity index (χ1) is 13.5. The molecular formula is C21H20N2O4S. The van der Waals surface area contributed by atoms with E-state index in [2.05, 4.69) is 4.98 Å². The highest BCUT2D eigenvalue weighted by Crippen LogP contribution is 2.28. The molecule has 0 saturated carbocycles. The van der Waals surface area contributed by atoms with Gasteiger partial charge in [0.15, 0.2) is 11.2 Å². The summed E-state index contributed by atoms with van der Waals surface area (Å²) < 4.78 is 10.9. The Hall–Kier alpha value is -3.19. The van der Waals surface area contributed by atoms with Crippen molar-refractivity contribution in [1.82, 2.24) is 4.98 Å². The summed E-state index contributed by atoms with van der Waals surface area (Å²) in [5, 5.41) is 2.29. The average Bonchev–Trinajstić information content (AvgIpc) is 3.16. The SMILES string of the molecule is CC(=O)N(c1ccccc1)c1nc(COC(=O)[C@H](C)Oc2ccccc2)cs1. The second-order valence-electron chi connectivity index (χ2n) is 5.99. The maximum atomic E-state index is 12.2. The Bertz CT molecular complexity index is 928. The van der Waals surface area contributed by atoms with Crippen LogP contribution in [0.2, 0.25) is 0 Å². The van der Waals surface area contributed by atoms with Crippen molar-refractivity contribution in [3.05, 3.63) is 71.7 Å². The predicted molar refractivity (Wildman–Crippen MR) is 108 cm³/mol. The van der Waals surface area contributed by atoms with Crippen molar-refractivity contribution < 1.29 is 19.1 Å². The van der Waals surface area contributed by atoms with E-state index in [1.54, 1.807) is 24.4 Å². The molecule has 2 aromatic carbocycles. The number of hydrogen-bond donors (Lipinski definition) is 0. The summed E-state index contributed by atoms with van der Waals surface area (Å²) in [4.78, 5) is 30.2. The molecule has 0 N–H and O–H groups in total. The van der Waals surface area contributed by atoms with Gasteiger partial charge in [-0.1, -0.05) is 36.4 Å². The van der Waals surface area contributed by atoms with Gasteiger partial charge in [-0.15, -0.1) is 11.3 Å². The number of nitrogens with zero attached hydrogens (tertiary/aromatic N) is 2. The Labute approximate surface area is 167 Å². The van der Waals surface area contributed by atoms with Crippen molar-refractivity contribution in [1.29, 1.82) is 0 Å². The fraction of sp³-hybridized carbons (Fsp3) is 0.190. The number of carbonyl (C=O) groups excluding carboxylic acids is 2. The summed E-state index contributed by atoms with van der Waals surface area (Å²) in [6.07, 6.45) is -0.737. The first kappa shape index (κ1) is 19.6. The lowest BCUT2D eigenvalue weighted by Crippen LogP contribution is -2.26. The number of para-hydroxylation sites is 2. The molecule has 3 aromatic rings. The smallest absolute Gasteiger partial charge is 0.347 e. The number of rotatable bonds is 7. The van der Waals surface area contributed by atoms with Crippen LogP contribution >= 0.6 is 11.3 Å². The largest absolute Gasteiger partial charge is 0.479 e. The fourth-order valence-corrected chi connectivity index (χ4v) is 3.35. The second-order valence-corrected chi connectivity index (χ2v) is 6.83. The molecular weight excluding hydrogens is 376 g/mol. The van der Waals surface area contributed by atoms with E-state index in [-0.39, 0.29) is 12.5 Å². The standard InChI is InChI=1S/C21H20N2O4S/c1-15(27-19-11-7-4-8-12-19)20(25)26-13-17-14-28-21(22-17)23(16(2)24)18-9-5-3-6-10-18/h3-12,14-15H,13H2,1-2H3/t15-/m0/s1. The lowest BCUT2D eigenvalue weighted by molar-refractivity contribution is -0.152. The Balaban J connectivity index is 1.61. The van der Waals surface area contributed by atoms with E-state index < -0.39 is 12.1 Å². The molecule has 1 amide bonds. The number of hydrogen-bond acceptors (Lipinski definition) is 6. The lowest BCUT2D eigenvalue weighted by atomic mass is 10.3. The number of ether oxygens (including phenoxy) is 2. The van der Waals surface area contributed by atoms with E-state index >= 15 is 0 Å². The van der Waals surface area contributed by atoms with E-state index in [0.717, 1.165) is 5.69 Å².